The molecule has 2 aromatic rings. The van der Waals surface area contributed by atoms with E-state index in [0.29, 0.717) is 17.0 Å². The molecule has 0 bridgehead atoms. The molecular weight excluding hydrogens is 222 g/mol. The number of methoxy groups -OCH3 is 1. The minimum Gasteiger partial charge on any atom is -0.496 e. The monoisotopic (exact) mass is 231 g/mol. The van der Waals surface area contributed by atoms with Crippen molar-refractivity contribution >= 4 is 5.97 Å². The summed E-state index contributed by atoms with van der Waals surface area (Å²) in [5, 5.41) is 8.85. The quantitative estimate of drug-likeness (QED) is 0.855. The highest BCUT2D eigenvalue weighted by atomic mass is 16.5. The van der Waals surface area contributed by atoms with Crippen LogP contribution in [-0.4, -0.2) is 33.1 Å². The van der Waals surface area contributed by atoms with Crippen LogP contribution in [0.5, 0.6) is 5.75 Å². The fourth-order valence-electron chi connectivity index (χ4n) is 1.37. The Hall–Kier alpha value is -2.50. The zero-order valence-electron chi connectivity index (χ0n) is 8.99. The second-order valence-corrected chi connectivity index (χ2v) is 3.17. The summed E-state index contributed by atoms with van der Waals surface area (Å²) in [5.41, 5.74) is 1.02. The summed E-state index contributed by atoms with van der Waals surface area (Å²) in [6.07, 6.45) is 4.35. The van der Waals surface area contributed by atoms with E-state index in [0.717, 1.165) is 0 Å². The van der Waals surface area contributed by atoms with Crippen LogP contribution >= 0.6 is 0 Å². The molecule has 2 aromatic heterocycles. The zero-order chi connectivity index (χ0) is 12.3. The third-order valence-electron chi connectivity index (χ3n) is 2.16. The third-order valence-corrected chi connectivity index (χ3v) is 2.16. The summed E-state index contributed by atoms with van der Waals surface area (Å²) < 4.78 is 5.15. The molecule has 0 aliphatic rings. The Labute approximate surface area is 96.9 Å². The first-order valence-electron chi connectivity index (χ1n) is 4.76. The van der Waals surface area contributed by atoms with E-state index in [1.807, 2.05) is 0 Å². The molecule has 0 aliphatic carbocycles. The number of nitrogens with zero attached hydrogens (tertiary/aromatic N) is 3. The molecule has 2 rings (SSSR count). The molecule has 0 radical (unpaired) electrons. The number of hydrogen-bond donors (Lipinski definition) is 1. The zero-order valence-corrected chi connectivity index (χ0v) is 8.99. The van der Waals surface area contributed by atoms with Gasteiger partial charge in [-0.2, -0.15) is 0 Å². The largest absolute Gasteiger partial charge is 0.496 e. The first-order chi connectivity index (χ1) is 8.22. The van der Waals surface area contributed by atoms with Gasteiger partial charge in [-0.15, -0.1) is 0 Å². The van der Waals surface area contributed by atoms with Gasteiger partial charge in [-0.05, 0) is 12.1 Å². The number of aromatic nitrogens is 3. The summed E-state index contributed by atoms with van der Waals surface area (Å²) in [6.45, 7) is 0. The van der Waals surface area contributed by atoms with Gasteiger partial charge in [-0.3, -0.25) is 4.98 Å². The predicted molar refractivity (Wildman–Crippen MR) is 58.8 cm³/mol. The Balaban J connectivity index is 2.52. The highest BCUT2D eigenvalue weighted by molar-refractivity contribution is 5.86. The molecule has 0 amide bonds. The molecule has 86 valence electrons. The van der Waals surface area contributed by atoms with E-state index in [2.05, 4.69) is 15.0 Å². The lowest BCUT2D eigenvalue weighted by Crippen LogP contribution is -2.01. The molecule has 0 aliphatic heterocycles. The molecule has 0 atom stereocenters. The molecule has 0 unspecified atom stereocenters. The molecule has 17 heavy (non-hydrogen) atoms. The van der Waals surface area contributed by atoms with Crippen LogP contribution in [0.1, 0.15) is 10.5 Å². The van der Waals surface area contributed by atoms with Gasteiger partial charge in [-0.1, -0.05) is 0 Å². The van der Waals surface area contributed by atoms with Crippen LogP contribution in [0.25, 0.3) is 11.3 Å². The molecule has 1 N–H and O–H groups in total. The fraction of sp³-hybridized carbons (Fsp3) is 0.0909. The van der Waals surface area contributed by atoms with Crippen molar-refractivity contribution < 1.29 is 14.6 Å². The van der Waals surface area contributed by atoms with E-state index in [4.69, 9.17) is 9.84 Å². The van der Waals surface area contributed by atoms with Crippen molar-refractivity contribution in [2.75, 3.05) is 7.11 Å². The Bertz CT molecular complexity index is 557. The standard InChI is InChI=1S/C11H9N3O3/c1-17-10-2-3-12-5-7(10)8-4-9(11(15)16)14-6-13-8/h2-6H,1H3,(H,15,16). The van der Waals surface area contributed by atoms with Crippen LogP contribution in [0.3, 0.4) is 0 Å². The van der Waals surface area contributed by atoms with Crippen LogP contribution in [0.4, 0.5) is 0 Å². The van der Waals surface area contributed by atoms with E-state index in [1.165, 1.54) is 19.5 Å². The Morgan fingerprint density at radius 2 is 2.24 bits per heavy atom. The van der Waals surface area contributed by atoms with Gasteiger partial charge in [0.05, 0.1) is 18.4 Å². The second kappa shape index (κ2) is 4.56. The number of ether oxygens (including phenoxy) is 1. The van der Waals surface area contributed by atoms with Crippen molar-refractivity contribution in [3.05, 3.63) is 36.5 Å². The second-order valence-electron chi connectivity index (χ2n) is 3.17. The lowest BCUT2D eigenvalue weighted by atomic mass is 10.1. The minimum absolute atomic E-state index is 0.0686. The van der Waals surface area contributed by atoms with Crippen molar-refractivity contribution in [2.24, 2.45) is 0 Å². The van der Waals surface area contributed by atoms with Crippen molar-refractivity contribution in [3.63, 3.8) is 0 Å². The van der Waals surface area contributed by atoms with Gasteiger partial charge in [0.25, 0.3) is 0 Å². The molecule has 6 nitrogen and oxygen atoms in total. The van der Waals surface area contributed by atoms with Crippen LogP contribution in [0.2, 0.25) is 0 Å². The average molecular weight is 231 g/mol. The molecule has 2 heterocycles. The maximum atomic E-state index is 10.8. The van der Waals surface area contributed by atoms with Gasteiger partial charge in [-0.25, -0.2) is 14.8 Å². The van der Waals surface area contributed by atoms with Crippen LogP contribution < -0.4 is 4.74 Å². The first kappa shape index (κ1) is 11.0. The summed E-state index contributed by atoms with van der Waals surface area (Å²) in [5.74, 6) is -0.522. The van der Waals surface area contributed by atoms with Gasteiger partial charge in [0, 0.05) is 12.4 Å². The number of aromatic carboxylic acids is 1. The van der Waals surface area contributed by atoms with Crippen molar-refractivity contribution in [1.29, 1.82) is 0 Å². The van der Waals surface area contributed by atoms with E-state index in [9.17, 15) is 4.79 Å². The maximum Gasteiger partial charge on any atom is 0.354 e. The minimum atomic E-state index is -1.10. The molecular formula is C11H9N3O3. The van der Waals surface area contributed by atoms with Crippen LogP contribution in [0, 0.1) is 0 Å². The number of carboxylic acid groups (broad SMARTS) is 1. The van der Waals surface area contributed by atoms with Gasteiger partial charge in [0.2, 0.25) is 0 Å². The molecule has 0 aromatic carbocycles. The van der Waals surface area contributed by atoms with Crippen LogP contribution in [0.15, 0.2) is 30.9 Å². The fourth-order valence-corrected chi connectivity index (χ4v) is 1.37. The van der Waals surface area contributed by atoms with Crippen LogP contribution in [-0.2, 0) is 0 Å². The topological polar surface area (TPSA) is 85.2 Å². The van der Waals surface area contributed by atoms with Gasteiger partial charge < -0.3 is 9.84 Å². The third kappa shape index (κ3) is 2.20. The maximum absolute atomic E-state index is 10.8. The molecule has 0 spiro atoms. The average Bonchev–Trinajstić information content (AvgIpc) is 2.39. The molecule has 0 saturated carbocycles. The number of rotatable bonds is 3. The van der Waals surface area contributed by atoms with Crippen molar-refractivity contribution in [1.82, 2.24) is 15.0 Å². The lowest BCUT2D eigenvalue weighted by molar-refractivity contribution is 0.0690. The van der Waals surface area contributed by atoms with Gasteiger partial charge >= 0.3 is 5.97 Å². The lowest BCUT2D eigenvalue weighted by Gasteiger charge is -2.06. The Morgan fingerprint density at radius 1 is 1.41 bits per heavy atom. The van der Waals surface area contributed by atoms with E-state index < -0.39 is 5.97 Å². The van der Waals surface area contributed by atoms with E-state index in [-0.39, 0.29) is 5.69 Å². The van der Waals surface area contributed by atoms with E-state index >= 15 is 0 Å². The van der Waals surface area contributed by atoms with Crippen molar-refractivity contribution in [2.45, 2.75) is 0 Å². The number of carbonyl (C=O) groups is 1. The van der Waals surface area contributed by atoms with E-state index in [1.54, 1.807) is 18.5 Å². The summed E-state index contributed by atoms with van der Waals surface area (Å²) in [7, 11) is 1.53. The highest BCUT2D eigenvalue weighted by Crippen LogP contribution is 2.26. The van der Waals surface area contributed by atoms with Crippen molar-refractivity contribution in [3.8, 4) is 17.0 Å². The number of carboxylic acids is 1. The predicted octanol–water partition coefficient (Wildman–Crippen LogP) is 1.25. The Morgan fingerprint density at radius 3 is 2.94 bits per heavy atom. The van der Waals surface area contributed by atoms with Gasteiger partial charge in [0.15, 0.2) is 5.69 Å². The first-order valence-corrected chi connectivity index (χ1v) is 4.76. The smallest absolute Gasteiger partial charge is 0.354 e. The summed E-state index contributed by atoms with van der Waals surface area (Å²) in [6, 6.07) is 3.06. The van der Waals surface area contributed by atoms with Gasteiger partial charge in [0.1, 0.15) is 12.1 Å². The summed E-state index contributed by atoms with van der Waals surface area (Å²) >= 11 is 0. The summed E-state index contributed by atoms with van der Waals surface area (Å²) in [4.78, 5) is 22.4. The molecule has 0 fully saturated rings. The highest BCUT2D eigenvalue weighted by Gasteiger charge is 2.11. The molecule has 6 heteroatoms. The normalized spacial score (nSPS) is 9.94. The SMILES string of the molecule is COc1ccncc1-c1cc(C(=O)O)ncn1. The Kier molecular flexibility index (Phi) is 2.95. The number of pyridine rings is 1. The number of hydrogen-bond acceptors (Lipinski definition) is 5. The molecule has 0 saturated heterocycles.